The molecule has 1 heterocycles. The molecule has 4 heteroatoms. The van der Waals surface area contributed by atoms with Gasteiger partial charge in [-0.15, -0.1) is 0 Å². The molecule has 19 heavy (non-hydrogen) atoms. The number of fused-ring (bicyclic) bond motifs is 1. The van der Waals surface area contributed by atoms with Gasteiger partial charge in [0, 0.05) is 6.42 Å². The van der Waals surface area contributed by atoms with E-state index in [1.165, 1.54) is 32.1 Å². The number of hydrogen-bond donors (Lipinski definition) is 1. The van der Waals surface area contributed by atoms with Gasteiger partial charge >= 0.3 is 0 Å². The maximum absolute atomic E-state index is 6.03. The second-order valence-corrected chi connectivity index (χ2v) is 6.49. The number of oxazole rings is 1. The summed E-state index contributed by atoms with van der Waals surface area (Å²) in [4.78, 5) is 4.61. The van der Waals surface area contributed by atoms with E-state index in [0.29, 0.717) is 0 Å². The quantitative estimate of drug-likeness (QED) is 0.927. The Morgan fingerprint density at radius 1 is 1.26 bits per heavy atom. The van der Waals surface area contributed by atoms with Gasteiger partial charge in [0.1, 0.15) is 5.52 Å². The Balaban J connectivity index is 1.89. The maximum atomic E-state index is 6.03. The average Bonchev–Trinajstić information content (AvgIpc) is 2.83. The zero-order valence-electron chi connectivity index (χ0n) is 11.0. The van der Waals surface area contributed by atoms with E-state index in [-0.39, 0.29) is 5.41 Å². The van der Waals surface area contributed by atoms with Crippen LogP contribution < -0.4 is 5.73 Å². The normalized spacial score (nSPS) is 18.8. The fourth-order valence-corrected chi connectivity index (χ4v) is 3.55. The second-order valence-electron chi connectivity index (χ2n) is 5.64. The molecule has 0 bridgehead atoms. The van der Waals surface area contributed by atoms with Gasteiger partial charge in [0.25, 0.3) is 0 Å². The van der Waals surface area contributed by atoms with E-state index >= 15 is 0 Å². The molecule has 0 aliphatic heterocycles. The zero-order valence-corrected chi connectivity index (χ0v) is 12.6. The third-order valence-corrected chi connectivity index (χ3v) is 4.91. The molecule has 0 saturated heterocycles. The SMILES string of the molecule is NCC1(Cc2nc3cccc(Br)c3o2)CCCCC1. The van der Waals surface area contributed by atoms with E-state index in [0.717, 1.165) is 34.4 Å². The lowest BCUT2D eigenvalue weighted by atomic mass is 9.72. The third kappa shape index (κ3) is 2.56. The number of hydrogen-bond acceptors (Lipinski definition) is 3. The zero-order chi connectivity index (χ0) is 13.3. The highest BCUT2D eigenvalue weighted by atomic mass is 79.9. The number of aromatic nitrogens is 1. The van der Waals surface area contributed by atoms with Gasteiger partial charge < -0.3 is 10.2 Å². The van der Waals surface area contributed by atoms with Crippen LogP contribution >= 0.6 is 15.9 Å². The fourth-order valence-electron chi connectivity index (χ4n) is 3.11. The highest BCUT2D eigenvalue weighted by Crippen LogP contribution is 2.39. The molecule has 2 N–H and O–H groups in total. The molecular weight excluding hydrogens is 304 g/mol. The molecule has 0 atom stereocenters. The van der Waals surface area contributed by atoms with E-state index in [1.807, 2.05) is 18.2 Å². The monoisotopic (exact) mass is 322 g/mol. The third-order valence-electron chi connectivity index (χ3n) is 4.28. The highest BCUT2D eigenvalue weighted by molar-refractivity contribution is 9.10. The van der Waals surface area contributed by atoms with Crippen molar-refractivity contribution in [3.63, 3.8) is 0 Å². The molecule has 1 aromatic carbocycles. The molecule has 0 unspecified atom stereocenters. The summed E-state index contributed by atoms with van der Waals surface area (Å²) < 4.78 is 6.88. The van der Waals surface area contributed by atoms with Gasteiger partial charge in [-0.05, 0) is 52.9 Å². The molecule has 0 radical (unpaired) electrons. The van der Waals surface area contributed by atoms with Crippen molar-refractivity contribution in [2.24, 2.45) is 11.1 Å². The standard InChI is InChI=1S/C15H19BrN2O/c16-11-5-4-6-12-14(11)19-13(18-12)9-15(10-17)7-2-1-3-8-15/h4-6H,1-3,7-10,17H2. The van der Waals surface area contributed by atoms with Crippen LogP contribution in [0.1, 0.15) is 38.0 Å². The van der Waals surface area contributed by atoms with Gasteiger partial charge in [0.15, 0.2) is 11.5 Å². The molecule has 0 spiro atoms. The molecule has 3 rings (SSSR count). The Labute approximate surface area is 121 Å². The van der Waals surface area contributed by atoms with E-state index in [4.69, 9.17) is 10.2 Å². The van der Waals surface area contributed by atoms with Crippen molar-refractivity contribution in [3.05, 3.63) is 28.6 Å². The molecule has 1 fully saturated rings. The lowest BCUT2D eigenvalue weighted by molar-refractivity contribution is 0.184. The smallest absolute Gasteiger partial charge is 0.196 e. The predicted octanol–water partition coefficient (Wildman–Crippen LogP) is 4.04. The van der Waals surface area contributed by atoms with E-state index in [9.17, 15) is 0 Å². The van der Waals surface area contributed by atoms with Crippen LogP contribution in [0.25, 0.3) is 11.1 Å². The summed E-state index contributed by atoms with van der Waals surface area (Å²) in [5.74, 6) is 0.828. The number of benzene rings is 1. The minimum absolute atomic E-state index is 0.200. The Morgan fingerprint density at radius 2 is 2.05 bits per heavy atom. The van der Waals surface area contributed by atoms with Crippen molar-refractivity contribution in [2.45, 2.75) is 38.5 Å². The molecule has 1 aliphatic carbocycles. The Kier molecular flexibility index (Phi) is 3.63. The van der Waals surface area contributed by atoms with Crippen molar-refractivity contribution in [3.8, 4) is 0 Å². The first kappa shape index (κ1) is 13.1. The first-order valence-corrected chi connectivity index (χ1v) is 7.76. The molecule has 102 valence electrons. The first-order chi connectivity index (χ1) is 9.22. The molecule has 3 nitrogen and oxygen atoms in total. The molecule has 2 aromatic rings. The van der Waals surface area contributed by atoms with Gasteiger partial charge in [-0.1, -0.05) is 25.3 Å². The Morgan fingerprint density at radius 3 is 2.74 bits per heavy atom. The minimum atomic E-state index is 0.200. The number of para-hydroxylation sites is 1. The van der Waals surface area contributed by atoms with Gasteiger partial charge in [-0.25, -0.2) is 4.98 Å². The fraction of sp³-hybridized carbons (Fsp3) is 0.533. The topological polar surface area (TPSA) is 52.0 Å². The van der Waals surface area contributed by atoms with Crippen molar-refractivity contribution in [1.29, 1.82) is 0 Å². The van der Waals surface area contributed by atoms with E-state index in [2.05, 4.69) is 20.9 Å². The van der Waals surface area contributed by atoms with Gasteiger partial charge in [-0.2, -0.15) is 0 Å². The van der Waals surface area contributed by atoms with Gasteiger partial charge in [0.2, 0.25) is 0 Å². The summed E-state index contributed by atoms with van der Waals surface area (Å²) in [7, 11) is 0. The molecular formula is C15H19BrN2O. The molecule has 1 aromatic heterocycles. The van der Waals surface area contributed by atoms with Crippen molar-refractivity contribution in [1.82, 2.24) is 4.98 Å². The van der Waals surface area contributed by atoms with Crippen molar-refractivity contribution >= 4 is 27.0 Å². The van der Waals surface area contributed by atoms with Crippen LogP contribution in [0.4, 0.5) is 0 Å². The van der Waals surface area contributed by atoms with Gasteiger partial charge in [-0.3, -0.25) is 0 Å². The summed E-state index contributed by atoms with van der Waals surface area (Å²) in [5, 5.41) is 0. The summed E-state index contributed by atoms with van der Waals surface area (Å²) in [6.45, 7) is 0.729. The Hall–Kier alpha value is -0.870. The van der Waals surface area contributed by atoms with Crippen molar-refractivity contribution in [2.75, 3.05) is 6.54 Å². The van der Waals surface area contributed by atoms with Crippen LogP contribution in [0.15, 0.2) is 27.1 Å². The number of halogens is 1. The minimum Gasteiger partial charge on any atom is -0.439 e. The molecule has 1 aliphatic rings. The largest absolute Gasteiger partial charge is 0.439 e. The van der Waals surface area contributed by atoms with Crippen LogP contribution in [0.3, 0.4) is 0 Å². The van der Waals surface area contributed by atoms with Crippen LogP contribution in [-0.2, 0) is 6.42 Å². The van der Waals surface area contributed by atoms with E-state index < -0.39 is 0 Å². The highest BCUT2D eigenvalue weighted by Gasteiger charge is 2.32. The summed E-state index contributed by atoms with van der Waals surface area (Å²) >= 11 is 3.51. The lowest BCUT2D eigenvalue weighted by Crippen LogP contribution is -2.35. The summed E-state index contributed by atoms with van der Waals surface area (Å²) in [5.41, 5.74) is 8.00. The van der Waals surface area contributed by atoms with Crippen LogP contribution in [0.5, 0.6) is 0 Å². The molecule has 0 amide bonds. The van der Waals surface area contributed by atoms with Crippen LogP contribution in [0.2, 0.25) is 0 Å². The predicted molar refractivity (Wildman–Crippen MR) is 80.0 cm³/mol. The second kappa shape index (κ2) is 5.25. The maximum Gasteiger partial charge on any atom is 0.196 e. The first-order valence-electron chi connectivity index (χ1n) is 6.96. The summed E-state index contributed by atoms with van der Waals surface area (Å²) in [6, 6.07) is 5.96. The van der Waals surface area contributed by atoms with Gasteiger partial charge in [0.05, 0.1) is 4.47 Å². The number of nitrogens with two attached hydrogens (primary N) is 1. The van der Waals surface area contributed by atoms with Crippen LogP contribution in [-0.4, -0.2) is 11.5 Å². The average molecular weight is 323 g/mol. The lowest BCUT2D eigenvalue weighted by Gasteiger charge is -2.35. The molecule has 1 saturated carbocycles. The van der Waals surface area contributed by atoms with Crippen LogP contribution in [0, 0.1) is 5.41 Å². The van der Waals surface area contributed by atoms with E-state index in [1.54, 1.807) is 0 Å². The summed E-state index contributed by atoms with van der Waals surface area (Å²) in [6.07, 6.45) is 7.15. The number of nitrogens with zero attached hydrogens (tertiary/aromatic N) is 1. The van der Waals surface area contributed by atoms with Crippen molar-refractivity contribution < 1.29 is 4.42 Å². The number of rotatable bonds is 3. The Bertz CT molecular complexity index is 573.